The van der Waals surface area contributed by atoms with Crippen LogP contribution in [0.25, 0.3) is 0 Å². The fourth-order valence-electron chi connectivity index (χ4n) is 7.30. The average molecular weight is 590 g/mol. The minimum Gasteiger partial charge on any atom is -0.347 e. The van der Waals surface area contributed by atoms with Crippen molar-refractivity contribution in [1.29, 1.82) is 0 Å². The van der Waals surface area contributed by atoms with Gasteiger partial charge in [0.25, 0.3) is 0 Å². The molecule has 2 aliphatic heterocycles. The van der Waals surface area contributed by atoms with Crippen LogP contribution in [0.15, 0.2) is 95.8 Å². The van der Waals surface area contributed by atoms with E-state index in [1.165, 1.54) is 51.5 Å². The van der Waals surface area contributed by atoms with Gasteiger partial charge in [0.2, 0.25) is 5.69 Å². The third-order valence-corrected chi connectivity index (χ3v) is 10.1. The van der Waals surface area contributed by atoms with E-state index >= 15 is 0 Å². The molecule has 0 N–H and O–H groups in total. The molecule has 232 valence electrons. The van der Waals surface area contributed by atoms with Crippen molar-refractivity contribution in [3.05, 3.63) is 107 Å². The molecule has 0 aromatic heterocycles. The van der Waals surface area contributed by atoms with Gasteiger partial charge in [-0.05, 0) is 74.8 Å². The van der Waals surface area contributed by atoms with Crippen molar-refractivity contribution >= 4 is 22.9 Å². The van der Waals surface area contributed by atoms with Gasteiger partial charge in [-0.3, -0.25) is 4.79 Å². The minimum absolute atomic E-state index is 0.00516. The molecular formula is C41H53N2O+. The Bertz CT molecular complexity index is 1570. The highest BCUT2D eigenvalue weighted by Gasteiger charge is 2.44. The highest BCUT2D eigenvalue weighted by Crippen LogP contribution is 2.47. The largest absolute Gasteiger partial charge is 0.347 e. The molecule has 3 heteroatoms. The van der Waals surface area contributed by atoms with Gasteiger partial charge in [0, 0.05) is 59.8 Å². The van der Waals surface area contributed by atoms with Crippen LogP contribution in [0.5, 0.6) is 0 Å². The Morgan fingerprint density at radius 3 is 2.30 bits per heavy atom. The Morgan fingerprint density at radius 2 is 1.57 bits per heavy atom. The third kappa shape index (κ3) is 6.34. The van der Waals surface area contributed by atoms with Gasteiger partial charge in [-0.15, -0.1) is 0 Å². The smallest absolute Gasteiger partial charge is 0.209 e. The third-order valence-electron chi connectivity index (χ3n) is 10.1. The number of Topliss-reactive ketones (excluding diaryl/α,β-unsaturated/α-hetero) is 1. The van der Waals surface area contributed by atoms with E-state index in [2.05, 4.69) is 123 Å². The van der Waals surface area contributed by atoms with Crippen LogP contribution in [0.2, 0.25) is 0 Å². The number of hydrogen-bond acceptors (Lipinski definition) is 2. The highest BCUT2D eigenvalue weighted by atomic mass is 16.1. The molecule has 2 aromatic carbocycles. The van der Waals surface area contributed by atoms with Crippen molar-refractivity contribution in [3.63, 3.8) is 0 Å². The molecule has 0 bridgehead atoms. The van der Waals surface area contributed by atoms with Crippen LogP contribution < -0.4 is 4.90 Å². The van der Waals surface area contributed by atoms with Crippen LogP contribution in [-0.2, 0) is 15.6 Å². The monoisotopic (exact) mass is 589 g/mol. The Labute approximate surface area is 266 Å². The summed E-state index contributed by atoms with van der Waals surface area (Å²) < 4.78 is 2.54. The first kappa shape index (κ1) is 31.9. The molecule has 0 fully saturated rings. The summed E-state index contributed by atoms with van der Waals surface area (Å²) in [7, 11) is 2.19. The number of rotatable bonds is 9. The number of para-hydroxylation sites is 2. The van der Waals surface area contributed by atoms with Crippen molar-refractivity contribution in [2.45, 2.75) is 104 Å². The summed E-state index contributed by atoms with van der Waals surface area (Å²) in [6.07, 6.45) is 19.1. The zero-order chi connectivity index (χ0) is 31.7. The van der Waals surface area contributed by atoms with Crippen LogP contribution >= 0.6 is 0 Å². The van der Waals surface area contributed by atoms with Gasteiger partial charge >= 0.3 is 0 Å². The first-order valence-electron chi connectivity index (χ1n) is 16.7. The van der Waals surface area contributed by atoms with E-state index in [-0.39, 0.29) is 16.2 Å². The molecule has 0 atom stereocenters. The Balaban J connectivity index is 1.35. The maximum atomic E-state index is 12.4. The van der Waals surface area contributed by atoms with Crippen LogP contribution in [0.3, 0.4) is 0 Å². The molecule has 0 unspecified atom stereocenters. The van der Waals surface area contributed by atoms with Gasteiger partial charge in [0.05, 0.1) is 5.41 Å². The second-order valence-corrected chi connectivity index (χ2v) is 15.1. The number of hydrogen-bond donors (Lipinski definition) is 0. The molecule has 0 spiro atoms. The standard InChI is InChI=1S/C41H53N2O/c1-39(2,3)38(44)23-10-9-15-28-43-35-22-14-12-20-33(35)41(6,7)37(43)27-25-31-18-16-17-30(29-31)24-26-36-40(4,5)32-19-11-13-21-34(32)42(36)8/h11-14,19-22,24-27,29H,9-10,15-18,23,28H2,1-8H3/q+1. The van der Waals surface area contributed by atoms with Crippen LogP contribution in [0.1, 0.15) is 105 Å². The molecular weight excluding hydrogens is 536 g/mol. The summed E-state index contributed by atoms with van der Waals surface area (Å²) in [4.78, 5) is 14.8. The lowest BCUT2D eigenvalue weighted by atomic mass is 9.81. The quantitative estimate of drug-likeness (QED) is 0.215. The Hall–Kier alpha value is -3.46. The molecule has 44 heavy (non-hydrogen) atoms. The number of unbranched alkanes of at least 4 members (excludes halogenated alkanes) is 2. The number of carbonyl (C=O) groups is 1. The van der Waals surface area contributed by atoms with Crippen molar-refractivity contribution < 1.29 is 9.37 Å². The second kappa shape index (κ2) is 12.5. The number of fused-ring (bicyclic) bond motifs is 2. The summed E-state index contributed by atoms with van der Waals surface area (Å²) in [5.74, 6) is 0.370. The topological polar surface area (TPSA) is 23.3 Å². The summed E-state index contributed by atoms with van der Waals surface area (Å²) in [6, 6.07) is 17.7. The molecule has 0 saturated heterocycles. The number of nitrogens with zero attached hydrogens (tertiary/aromatic N) is 2. The molecule has 0 radical (unpaired) electrons. The second-order valence-electron chi connectivity index (χ2n) is 15.1. The SMILES string of the molecule is CN1/C(=C/C=C2C=C(/C=C/C3=[N+](CCCCCC(=O)C(C)(C)C)c4ccccc4C3(C)C)CCC/2)C(C)(C)c2ccccc21. The summed E-state index contributed by atoms with van der Waals surface area (Å²) in [6.45, 7) is 16.4. The first-order valence-corrected chi connectivity index (χ1v) is 16.7. The zero-order valence-corrected chi connectivity index (χ0v) is 28.5. The van der Waals surface area contributed by atoms with Crippen molar-refractivity contribution in [3.8, 4) is 0 Å². The minimum atomic E-state index is -0.237. The molecule has 5 rings (SSSR count). The number of anilines is 1. The van der Waals surface area contributed by atoms with Crippen LogP contribution in [0, 0.1) is 5.41 Å². The van der Waals surface area contributed by atoms with Crippen LogP contribution in [0.4, 0.5) is 11.4 Å². The van der Waals surface area contributed by atoms with E-state index in [0.29, 0.717) is 12.2 Å². The number of likely N-dealkylation sites (N-methyl/N-ethyl adjacent to an activating group) is 1. The number of ketones is 1. The Morgan fingerprint density at radius 1 is 0.864 bits per heavy atom. The molecule has 2 aromatic rings. The predicted octanol–water partition coefficient (Wildman–Crippen LogP) is 10.1. The van der Waals surface area contributed by atoms with Crippen molar-refractivity contribution in [2.24, 2.45) is 5.41 Å². The van der Waals surface area contributed by atoms with E-state index in [9.17, 15) is 4.79 Å². The lowest BCUT2D eigenvalue weighted by molar-refractivity contribution is -0.438. The maximum absolute atomic E-state index is 12.4. The molecule has 0 saturated carbocycles. The van der Waals surface area contributed by atoms with Crippen LogP contribution in [-0.4, -0.2) is 29.7 Å². The Kier molecular flexibility index (Phi) is 9.08. The van der Waals surface area contributed by atoms with Gasteiger partial charge in [-0.1, -0.05) is 89.2 Å². The van der Waals surface area contributed by atoms with E-state index in [1.54, 1.807) is 0 Å². The summed E-state index contributed by atoms with van der Waals surface area (Å²) in [5, 5.41) is 0. The summed E-state index contributed by atoms with van der Waals surface area (Å²) >= 11 is 0. The molecule has 3 nitrogen and oxygen atoms in total. The lowest BCUT2D eigenvalue weighted by Gasteiger charge is -2.24. The number of allylic oxidation sites excluding steroid dienone is 8. The first-order chi connectivity index (χ1) is 20.8. The normalized spacial score (nSPS) is 20.9. The zero-order valence-electron chi connectivity index (χ0n) is 28.5. The van der Waals surface area contributed by atoms with Gasteiger partial charge in [0.15, 0.2) is 5.71 Å². The molecule has 1 aliphatic carbocycles. The van der Waals surface area contributed by atoms with Crippen molar-refractivity contribution in [1.82, 2.24) is 0 Å². The van der Waals surface area contributed by atoms with Gasteiger partial charge in [-0.2, -0.15) is 4.58 Å². The van der Waals surface area contributed by atoms with E-state index < -0.39 is 0 Å². The molecule has 2 heterocycles. The van der Waals surface area contributed by atoms with E-state index in [1.807, 2.05) is 20.8 Å². The highest BCUT2D eigenvalue weighted by molar-refractivity contribution is 6.03. The van der Waals surface area contributed by atoms with E-state index in [0.717, 1.165) is 38.6 Å². The molecule has 0 amide bonds. The number of benzene rings is 2. The number of carbonyl (C=O) groups excluding carboxylic acids is 1. The van der Waals surface area contributed by atoms with Gasteiger partial charge in [-0.25, -0.2) is 0 Å². The fraction of sp³-hybridized carbons (Fsp3) is 0.463. The average Bonchev–Trinajstić information content (AvgIpc) is 3.32. The lowest BCUT2D eigenvalue weighted by Crippen LogP contribution is -2.28. The fourth-order valence-corrected chi connectivity index (χ4v) is 7.30. The molecule has 3 aliphatic rings. The maximum Gasteiger partial charge on any atom is 0.209 e. The van der Waals surface area contributed by atoms with Crippen molar-refractivity contribution in [2.75, 3.05) is 18.5 Å². The summed E-state index contributed by atoms with van der Waals surface area (Å²) in [5.41, 5.74) is 10.7. The van der Waals surface area contributed by atoms with Gasteiger partial charge in [0.1, 0.15) is 12.3 Å². The van der Waals surface area contributed by atoms with Gasteiger partial charge < -0.3 is 4.90 Å². The predicted molar refractivity (Wildman–Crippen MR) is 187 cm³/mol. The van der Waals surface area contributed by atoms with E-state index in [4.69, 9.17) is 0 Å².